The van der Waals surface area contributed by atoms with E-state index in [2.05, 4.69) is 18.5 Å². The third-order valence-corrected chi connectivity index (χ3v) is 3.16. The number of likely N-dealkylation sites (N-methyl/N-ethyl adjacent to an activating group) is 1. The Bertz CT molecular complexity index is 420. The summed E-state index contributed by atoms with van der Waals surface area (Å²) in [6.45, 7) is 7.25. The molecule has 0 aliphatic carbocycles. The van der Waals surface area contributed by atoms with Gasteiger partial charge in [0.1, 0.15) is 0 Å². The van der Waals surface area contributed by atoms with Crippen molar-refractivity contribution in [2.45, 2.75) is 0 Å². The lowest BCUT2D eigenvalue weighted by Crippen LogP contribution is -2.47. The molecule has 0 saturated carbocycles. The van der Waals surface area contributed by atoms with Crippen LogP contribution in [0.15, 0.2) is 30.8 Å². The van der Waals surface area contributed by atoms with E-state index in [4.69, 9.17) is 0 Å². The zero-order valence-corrected chi connectivity index (χ0v) is 10.2. The molecular formula is C14H18N2O. The van der Waals surface area contributed by atoms with Gasteiger partial charge in [-0.3, -0.25) is 4.79 Å². The van der Waals surface area contributed by atoms with Gasteiger partial charge in [0.25, 0.3) is 5.91 Å². The van der Waals surface area contributed by atoms with Crippen LogP contribution in [-0.2, 0) is 0 Å². The van der Waals surface area contributed by atoms with Crippen LogP contribution < -0.4 is 0 Å². The van der Waals surface area contributed by atoms with Crippen molar-refractivity contribution >= 4 is 12.0 Å². The maximum Gasteiger partial charge on any atom is 0.253 e. The van der Waals surface area contributed by atoms with Crippen molar-refractivity contribution in [3.05, 3.63) is 42.0 Å². The van der Waals surface area contributed by atoms with Gasteiger partial charge in [0.15, 0.2) is 0 Å². The van der Waals surface area contributed by atoms with Crippen LogP contribution in [0.2, 0.25) is 0 Å². The second-order valence-corrected chi connectivity index (χ2v) is 4.43. The normalized spacial score (nSPS) is 16.9. The van der Waals surface area contributed by atoms with Gasteiger partial charge in [0.2, 0.25) is 0 Å². The van der Waals surface area contributed by atoms with Gasteiger partial charge in [0, 0.05) is 31.7 Å². The van der Waals surface area contributed by atoms with E-state index in [1.165, 1.54) is 0 Å². The van der Waals surface area contributed by atoms with Crippen LogP contribution in [0.1, 0.15) is 15.9 Å². The van der Waals surface area contributed by atoms with Crippen molar-refractivity contribution in [2.75, 3.05) is 33.2 Å². The van der Waals surface area contributed by atoms with Gasteiger partial charge in [-0.1, -0.05) is 24.8 Å². The first-order valence-electron chi connectivity index (χ1n) is 5.91. The number of piperazine rings is 1. The average Bonchev–Trinajstić information content (AvgIpc) is 2.39. The van der Waals surface area contributed by atoms with Crippen LogP contribution >= 0.6 is 0 Å². The van der Waals surface area contributed by atoms with E-state index in [9.17, 15) is 4.79 Å². The minimum atomic E-state index is 0.127. The first-order chi connectivity index (χ1) is 8.20. The molecule has 0 unspecified atom stereocenters. The van der Waals surface area contributed by atoms with Gasteiger partial charge in [-0.2, -0.15) is 0 Å². The zero-order chi connectivity index (χ0) is 12.3. The van der Waals surface area contributed by atoms with Crippen LogP contribution in [0.5, 0.6) is 0 Å². The number of carbonyl (C=O) groups is 1. The Balaban J connectivity index is 2.11. The van der Waals surface area contributed by atoms with E-state index in [-0.39, 0.29) is 5.91 Å². The third-order valence-electron chi connectivity index (χ3n) is 3.16. The minimum absolute atomic E-state index is 0.127. The van der Waals surface area contributed by atoms with Crippen molar-refractivity contribution in [1.82, 2.24) is 9.80 Å². The molecular weight excluding hydrogens is 212 g/mol. The Morgan fingerprint density at radius 1 is 1.29 bits per heavy atom. The fourth-order valence-corrected chi connectivity index (χ4v) is 1.99. The molecule has 1 aliphatic heterocycles. The molecule has 0 radical (unpaired) electrons. The highest BCUT2D eigenvalue weighted by Gasteiger charge is 2.20. The molecule has 0 aromatic heterocycles. The number of benzene rings is 1. The quantitative estimate of drug-likeness (QED) is 0.772. The van der Waals surface area contributed by atoms with E-state index in [0.29, 0.717) is 0 Å². The molecule has 0 atom stereocenters. The van der Waals surface area contributed by atoms with Gasteiger partial charge in [0.05, 0.1) is 0 Å². The summed E-state index contributed by atoms with van der Waals surface area (Å²) in [5.74, 6) is 0.127. The summed E-state index contributed by atoms with van der Waals surface area (Å²) in [5.41, 5.74) is 1.75. The lowest BCUT2D eigenvalue weighted by molar-refractivity contribution is 0.0664. The Hall–Kier alpha value is -1.61. The van der Waals surface area contributed by atoms with E-state index in [1.807, 2.05) is 29.2 Å². The molecule has 2 rings (SSSR count). The number of hydrogen-bond acceptors (Lipinski definition) is 2. The molecule has 1 amide bonds. The fourth-order valence-electron chi connectivity index (χ4n) is 1.99. The Kier molecular flexibility index (Phi) is 3.59. The monoisotopic (exact) mass is 230 g/mol. The molecule has 1 saturated heterocycles. The summed E-state index contributed by atoms with van der Waals surface area (Å²) in [7, 11) is 2.08. The summed E-state index contributed by atoms with van der Waals surface area (Å²) in [5, 5.41) is 0. The first kappa shape index (κ1) is 11.9. The van der Waals surface area contributed by atoms with Crippen LogP contribution in [-0.4, -0.2) is 48.9 Å². The molecule has 0 spiro atoms. The smallest absolute Gasteiger partial charge is 0.253 e. The summed E-state index contributed by atoms with van der Waals surface area (Å²) in [4.78, 5) is 16.4. The van der Waals surface area contributed by atoms with Gasteiger partial charge >= 0.3 is 0 Å². The van der Waals surface area contributed by atoms with Gasteiger partial charge < -0.3 is 9.80 Å². The van der Waals surface area contributed by atoms with E-state index >= 15 is 0 Å². The highest BCUT2D eigenvalue weighted by atomic mass is 16.2. The molecule has 1 aliphatic rings. The maximum atomic E-state index is 12.2. The van der Waals surface area contributed by atoms with E-state index in [1.54, 1.807) is 6.08 Å². The number of nitrogens with zero attached hydrogens (tertiary/aromatic N) is 2. The van der Waals surface area contributed by atoms with Crippen molar-refractivity contribution in [2.24, 2.45) is 0 Å². The number of hydrogen-bond donors (Lipinski definition) is 0. The number of rotatable bonds is 2. The van der Waals surface area contributed by atoms with Crippen LogP contribution in [0.4, 0.5) is 0 Å². The second kappa shape index (κ2) is 5.15. The molecule has 1 aromatic rings. The average molecular weight is 230 g/mol. The lowest BCUT2D eigenvalue weighted by atomic mass is 10.1. The molecule has 17 heavy (non-hydrogen) atoms. The summed E-state index contributed by atoms with van der Waals surface area (Å²) in [6, 6.07) is 7.62. The van der Waals surface area contributed by atoms with Gasteiger partial charge in [-0.05, 0) is 24.7 Å². The van der Waals surface area contributed by atoms with Gasteiger partial charge in [-0.15, -0.1) is 0 Å². The molecule has 1 aromatic carbocycles. The molecule has 90 valence electrons. The molecule has 3 nitrogen and oxygen atoms in total. The fraction of sp³-hybridized carbons (Fsp3) is 0.357. The highest BCUT2D eigenvalue weighted by molar-refractivity contribution is 5.94. The third kappa shape index (κ3) is 2.74. The Morgan fingerprint density at radius 3 is 2.65 bits per heavy atom. The van der Waals surface area contributed by atoms with E-state index < -0.39 is 0 Å². The lowest BCUT2D eigenvalue weighted by Gasteiger charge is -2.32. The van der Waals surface area contributed by atoms with Gasteiger partial charge in [-0.25, -0.2) is 0 Å². The van der Waals surface area contributed by atoms with Crippen molar-refractivity contribution in [3.8, 4) is 0 Å². The predicted octanol–water partition coefficient (Wildman–Crippen LogP) is 1.72. The standard InChI is InChI=1S/C14H18N2O/c1-3-12-5-4-6-13(11-12)14(17)16-9-7-15(2)8-10-16/h3-6,11H,1,7-10H2,2H3. The SMILES string of the molecule is C=Cc1cccc(C(=O)N2CCN(C)CC2)c1. The topological polar surface area (TPSA) is 23.6 Å². The molecule has 0 bridgehead atoms. The number of carbonyl (C=O) groups excluding carboxylic acids is 1. The maximum absolute atomic E-state index is 12.2. The van der Waals surface area contributed by atoms with Crippen molar-refractivity contribution in [1.29, 1.82) is 0 Å². The molecule has 3 heteroatoms. The number of amides is 1. The molecule has 1 fully saturated rings. The highest BCUT2D eigenvalue weighted by Crippen LogP contribution is 2.11. The molecule has 0 N–H and O–H groups in total. The van der Waals surface area contributed by atoms with Crippen LogP contribution in [0, 0.1) is 0 Å². The summed E-state index contributed by atoms with van der Waals surface area (Å²) in [6.07, 6.45) is 1.76. The largest absolute Gasteiger partial charge is 0.336 e. The Morgan fingerprint density at radius 2 is 2.00 bits per heavy atom. The van der Waals surface area contributed by atoms with Crippen molar-refractivity contribution < 1.29 is 4.79 Å². The Labute approximate surface area is 102 Å². The van der Waals surface area contributed by atoms with Crippen LogP contribution in [0.3, 0.4) is 0 Å². The molecule has 1 heterocycles. The van der Waals surface area contributed by atoms with E-state index in [0.717, 1.165) is 37.3 Å². The zero-order valence-electron chi connectivity index (χ0n) is 10.2. The first-order valence-corrected chi connectivity index (χ1v) is 5.91. The van der Waals surface area contributed by atoms with Crippen molar-refractivity contribution in [3.63, 3.8) is 0 Å². The summed E-state index contributed by atoms with van der Waals surface area (Å²) < 4.78 is 0. The minimum Gasteiger partial charge on any atom is -0.336 e. The summed E-state index contributed by atoms with van der Waals surface area (Å²) >= 11 is 0. The predicted molar refractivity (Wildman–Crippen MR) is 69.9 cm³/mol. The van der Waals surface area contributed by atoms with Crippen LogP contribution in [0.25, 0.3) is 6.08 Å². The second-order valence-electron chi connectivity index (χ2n) is 4.43.